The summed E-state index contributed by atoms with van der Waals surface area (Å²) in [6.45, 7) is 0. The van der Waals surface area contributed by atoms with Gasteiger partial charge in [0.05, 0.1) is 24.0 Å². The first-order valence-corrected chi connectivity index (χ1v) is 7.83. The van der Waals surface area contributed by atoms with Gasteiger partial charge in [0.15, 0.2) is 11.5 Å². The molecule has 0 spiro atoms. The molecule has 0 aliphatic carbocycles. The summed E-state index contributed by atoms with van der Waals surface area (Å²) in [5.74, 6) is -1.94. The second-order valence-electron chi connectivity index (χ2n) is 5.92. The molecular formula is C19H14O7. The molecule has 7 nitrogen and oxygen atoms in total. The van der Waals surface area contributed by atoms with E-state index in [9.17, 15) is 19.8 Å². The van der Waals surface area contributed by atoms with Crippen LogP contribution in [0.4, 0.5) is 0 Å². The van der Waals surface area contributed by atoms with Crippen LogP contribution in [0.25, 0.3) is 11.0 Å². The number of rotatable bonds is 2. The largest absolute Gasteiger partial charge is 0.504 e. The maximum atomic E-state index is 12.6. The van der Waals surface area contributed by atoms with Crippen molar-refractivity contribution in [2.75, 3.05) is 7.11 Å². The molecule has 1 aliphatic heterocycles. The Hall–Kier alpha value is -3.48. The van der Waals surface area contributed by atoms with Gasteiger partial charge in [-0.25, -0.2) is 9.59 Å². The third kappa shape index (κ3) is 2.28. The molecule has 3 aromatic rings. The van der Waals surface area contributed by atoms with E-state index in [1.54, 1.807) is 24.3 Å². The van der Waals surface area contributed by atoms with Crippen LogP contribution in [-0.4, -0.2) is 29.4 Å². The summed E-state index contributed by atoms with van der Waals surface area (Å²) in [6, 6.07) is 10.9. The number of phenols is 2. The summed E-state index contributed by atoms with van der Waals surface area (Å²) in [5.41, 5.74) is 0.290. The van der Waals surface area contributed by atoms with E-state index in [0.29, 0.717) is 16.5 Å². The molecule has 26 heavy (non-hydrogen) atoms. The fraction of sp³-hybridized carbons (Fsp3) is 0.158. The number of fused-ring (bicyclic) bond motifs is 3. The molecule has 7 heteroatoms. The van der Waals surface area contributed by atoms with Gasteiger partial charge >= 0.3 is 11.6 Å². The molecule has 132 valence electrons. The fourth-order valence-corrected chi connectivity index (χ4v) is 3.25. The van der Waals surface area contributed by atoms with Crippen molar-refractivity contribution in [2.24, 2.45) is 0 Å². The number of hydrogen-bond donors (Lipinski definition) is 2. The summed E-state index contributed by atoms with van der Waals surface area (Å²) in [4.78, 5) is 24.9. The Bertz CT molecular complexity index is 1080. The standard InChI is InChI=1S/C19H14O7/c1-24-19(23)17-14(9-6-7-11(20)12(21)8-9)15-16(26-17)10-4-2-3-5-13(10)25-18(15)22/h2-8,14,17,20-21H,1H3/t14-,17+/m1/s1. The summed E-state index contributed by atoms with van der Waals surface area (Å²) < 4.78 is 16.0. The number of carbonyl (C=O) groups excluding carboxylic acids is 1. The zero-order chi connectivity index (χ0) is 18.4. The fourth-order valence-electron chi connectivity index (χ4n) is 3.25. The van der Waals surface area contributed by atoms with Gasteiger partial charge in [-0.3, -0.25) is 0 Å². The number of methoxy groups -OCH3 is 1. The molecule has 0 bridgehead atoms. The van der Waals surface area contributed by atoms with E-state index in [1.807, 2.05) is 0 Å². The van der Waals surface area contributed by atoms with Gasteiger partial charge < -0.3 is 24.1 Å². The average molecular weight is 354 g/mol. The van der Waals surface area contributed by atoms with Crippen LogP contribution in [0, 0.1) is 0 Å². The lowest BCUT2D eigenvalue weighted by atomic mass is 9.88. The second kappa shape index (κ2) is 5.80. The second-order valence-corrected chi connectivity index (χ2v) is 5.92. The molecule has 1 aromatic heterocycles. The molecule has 0 saturated carbocycles. The molecule has 0 radical (unpaired) electrons. The van der Waals surface area contributed by atoms with Gasteiger partial charge in [-0.1, -0.05) is 18.2 Å². The Kier molecular flexibility index (Phi) is 3.57. The highest BCUT2D eigenvalue weighted by Crippen LogP contribution is 2.45. The van der Waals surface area contributed by atoms with Crippen LogP contribution in [0.2, 0.25) is 0 Å². The van der Waals surface area contributed by atoms with Crippen LogP contribution in [0.1, 0.15) is 17.0 Å². The van der Waals surface area contributed by atoms with E-state index in [-0.39, 0.29) is 22.8 Å². The van der Waals surface area contributed by atoms with Crippen LogP contribution in [0.15, 0.2) is 51.7 Å². The predicted octanol–water partition coefficient (Wildman–Crippen LogP) is 2.27. The van der Waals surface area contributed by atoms with Crippen molar-refractivity contribution in [1.29, 1.82) is 0 Å². The van der Waals surface area contributed by atoms with E-state index in [1.165, 1.54) is 25.3 Å². The Morgan fingerprint density at radius 2 is 1.88 bits per heavy atom. The summed E-state index contributed by atoms with van der Waals surface area (Å²) in [5, 5.41) is 19.9. The van der Waals surface area contributed by atoms with Crippen molar-refractivity contribution in [3.05, 3.63) is 64.0 Å². The number of para-hydroxylation sites is 1. The van der Waals surface area contributed by atoms with Crippen molar-refractivity contribution in [3.8, 4) is 17.2 Å². The van der Waals surface area contributed by atoms with Crippen molar-refractivity contribution in [2.45, 2.75) is 12.0 Å². The van der Waals surface area contributed by atoms with Crippen LogP contribution < -0.4 is 10.4 Å². The normalized spacial score (nSPS) is 18.3. The van der Waals surface area contributed by atoms with Gasteiger partial charge in [-0.05, 0) is 29.8 Å². The zero-order valence-corrected chi connectivity index (χ0v) is 13.6. The quantitative estimate of drug-likeness (QED) is 0.413. The maximum absolute atomic E-state index is 12.6. The lowest BCUT2D eigenvalue weighted by molar-refractivity contribution is -0.148. The highest BCUT2D eigenvalue weighted by molar-refractivity contribution is 5.88. The smallest absolute Gasteiger partial charge is 0.348 e. The number of hydrogen-bond acceptors (Lipinski definition) is 7. The number of benzene rings is 2. The maximum Gasteiger partial charge on any atom is 0.348 e. The first-order chi connectivity index (χ1) is 12.5. The molecule has 2 N–H and O–H groups in total. The molecule has 0 fully saturated rings. The van der Waals surface area contributed by atoms with E-state index in [0.717, 1.165) is 0 Å². The van der Waals surface area contributed by atoms with Crippen molar-refractivity contribution < 1.29 is 28.9 Å². The highest BCUT2D eigenvalue weighted by Gasteiger charge is 2.45. The van der Waals surface area contributed by atoms with Crippen LogP contribution >= 0.6 is 0 Å². The highest BCUT2D eigenvalue weighted by atomic mass is 16.6. The van der Waals surface area contributed by atoms with E-state index >= 15 is 0 Å². The van der Waals surface area contributed by atoms with E-state index in [4.69, 9.17) is 13.9 Å². The Labute approximate surface area is 147 Å². The van der Waals surface area contributed by atoms with E-state index in [2.05, 4.69) is 0 Å². The Balaban J connectivity index is 1.99. The average Bonchev–Trinajstić information content (AvgIpc) is 3.05. The van der Waals surface area contributed by atoms with Gasteiger partial charge in [0.2, 0.25) is 6.10 Å². The van der Waals surface area contributed by atoms with Crippen LogP contribution in [0.5, 0.6) is 17.2 Å². The van der Waals surface area contributed by atoms with Gasteiger partial charge in [0.1, 0.15) is 11.3 Å². The van der Waals surface area contributed by atoms with E-state index < -0.39 is 23.6 Å². The van der Waals surface area contributed by atoms with Crippen LogP contribution in [0.3, 0.4) is 0 Å². The Morgan fingerprint density at radius 1 is 1.12 bits per heavy atom. The zero-order valence-electron chi connectivity index (χ0n) is 13.6. The molecular weight excluding hydrogens is 340 g/mol. The lowest BCUT2D eigenvalue weighted by Gasteiger charge is -2.17. The molecule has 2 aromatic carbocycles. The van der Waals surface area contributed by atoms with Gasteiger partial charge in [-0.15, -0.1) is 0 Å². The first kappa shape index (κ1) is 16.0. The predicted molar refractivity (Wildman–Crippen MR) is 90.5 cm³/mol. The summed E-state index contributed by atoms with van der Waals surface area (Å²) in [7, 11) is 1.22. The molecule has 0 unspecified atom stereocenters. The molecule has 2 atom stereocenters. The number of aromatic hydroxyl groups is 2. The molecule has 0 amide bonds. The molecule has 1 aliphatic rings. The number of esters is 1. The Morgan fingerprint density at radius 3 is 2.62 bits per heavy atom. The topological polar surface area (TPSA) is 106 Å². The van der Waals surface area contributed by atoms with Crippen molar-refractivity contribution in [3.63, 3.8) is 0 Å². The monoisotopic (exact) mass is 354 g/mol. The lowest BCUT2D eigenvalue weighted by Crippen LogP contribution is -2.31. The van der Waals surface area contributed by atoms with Crippen LogP contribution in [-0.2, 0) is 9.53 Å². The van der Waals surface area contributed by atoms with Crippen molar-refractivity contribution in [1.82, 2.24) is 0 Å². The number of phenolic OH excluding ortho intramolecular Hbond substituents is 2. The van der Waals surface area contributed by atoms with Crippen molar-refractivity contribution >= 4 is 16.9 Å². The minimum absolute atomic E-state index is 0.171. The number of ether oxygens (including phenoxy) is 2. The first-order valence-electron chi connectivity index (χ1n) is 7.83. The van der Waals surface area contributed by atoms with Gasteiger partial charge in [0.25, 0.3) is 0 Å². The minimum Gasteiger partial charge on any atom is -0.504 e. The molecule has 4 rings (SSSR count). The van der Waals surface area contributed by atoms with Gasteiger partial charge in [0, 0.05) is 0 Å². The number of carbonyl (C=O) groups is 1. The molecule has 2 heterocycles. The summed E-state index contributed by atoms with van der Waals surface area (Å²) >= 11 is 0. The van der Waals surface area contributed by atoms with Gasteiger partial charge in [-0.2, -0.15) is 0 Å². The third-order valence-corrected chi connectivity index (χ3v) is 4.45. The SMILES string of the molecule is COC(=O)[C@H]1Oc2c(c(=O)oc3ccccc23)[C@H]1c1ccc(O)c(O)c1. The molecule has 0 saturated heterocycles. The third-order valence-electron chi connectivity index (χ3n) is 4.45. The minimum atomic E-state index is -1.12. The summed E-state index contributed by atoms with van der Waals surface area (Å²) in [6.07, 6.45) is -1.12.